The fourth-order valence-corrected chi connectivity index (χ4v) is 2.10. The van der Waals surface area contributed by atoms with E-state index in [9.17, 15) is 4.79 Å². The van der Waals surface area contributed by atoms with Gasteiger partial charge in [-0.25, -0.2) is 4.98 Å². The molecule has 88 valence electrons. The monoisotopic (exact) mass is 236 g/mol. The van der Waals surface area contributed by atoms with Crippen LogP contribution in [0.15, 0.2) is 59.7 Å². The van der Waals surface area contributed by atoms with Crippen molar-refractivity contribution in [3.63, 3.8) is 0 Å². The van der Waals surface area contributed by atoms with E-state index >= 15 is 0 Å². The zero-order valence-electron chi connectivity index (χ0n) is 10.00. The predicted molar refractivity (Wildman–Crippen MR) is 72.1 cm³/mol. The number of aryl methyl sites for hydroxylation is 1. The van der Waals surface area contributed by atoms with Crippen LogP contribution in [0, 0.1) is 6.92 Å². The Bertz CT molecular complexity index is 760. The van der Waals surface area contributed by atoms with Crippen LogP contribution in [-0.4, -0.2) is 9.55 Å². The van der Waals surface area contributed by atoms with Crippen LogP contribution in [0.5, 0.6) is 0 Å². The molecule has 2 aromatic carbocycles. The van der Waals surface area contributed by atoms with Crippen molar-refractivity contribution in [2.45, 2.75) is 6.92 Å². The zero-order valence-corrected chi connectivity index (χ0v) is 10.00. The first-order valence-corrected chi connectivity index (χ1v) is 5.80. The fourth-order valence-electron chi connectivity index (χ4n) is 2.10. The van der Waals surface area contributed by atoms with E-state index < -0.39 is 0 Å². The molecule has 0 unspecified atom stereocenters. The highest BCUT2D eigenvalue weighted by atomic mass is 16.1. The van der Waals surface area contributed by atoms with Crippen LogP contribution in [0.2, 0.25) is 0 Å². The molecule has 0 aliphatic heterocycles. The largest absolute Gasteiger partial charge is 0.268 e. The van der Waals surface area contributed by atoms with Gasteiger partial charge in [0.05, 0.1) is 16.6 Å². The Labute approximate surface area is 104 Å². The van der Waals surface area contributed by atoms with E-state index in [1.807, 2.05) is 55.5 Å². The van der Waals surface area contributed by atoms with E-state index in [1.54, 1.807) is 10.9 Å². The maximum atomic E-state index is 12.5. The smallest absolute Gasteiger partial charge is 0.266 e. The number of benzene rings is 2. The Kier molecular flexibility index (Phi) is 2.45. The quantitative estimate of drug-likeness (QED) is 0.651. The summed E-state index contributed by atoms with van der Waals surface area (Å²) in [4.78, 5) is 16.8. The van der Waals surface area contributed by atoms with Gasteiger partial charge in [-0.2, -0.15) is 0 Å². The molecule has 0 N–H and O–H groups in total. The second-order valence-electron chi connectivity index (χ2n) is 4.22. The highest BCUT2D eigenvalue weighted by Gasteiger charge is 2.07. The van der Waals surface area contributed by atoms with E-state index in [2.05, 4.69) is 4.98 Å². The van der Waals surface area contributed by atoms with Gasteiger partial charge >= 0.3 is 0 Å². The lowest BCUT2D eigenvalue weighted by Gasteiger charge is -2.07. The van der Waals surface area contributed by atoms with Crippen molar-refractivity contribution < 1.29 is 0 Å². The van der Waals surface area contributed by atoms with Crippen molar-refractivity contribution in [3.8, 4) is 5.69 Å². The lowest BCUT2D eigenvalue weighted by atomic mass is 10.1. The number of rotatable bonds is 1. The first kappa shape index (κ1) is 10.7. The van der Waals surface area contributed by atoms with Crippen LogP contribution in [0.1, 0.15) is 5.56 Å². The Hall–Kier alpha value is -2.42. The SMILES string of the molecule is Cc1cccc2ncn(-c3ccccc3)c(=O)c12. The molecule has 0 saturated heterocycles. The molecule has 3 rings (SSSR count). The summed E-state index contributed by atoms with van der Waals surface area (Å²) in [6, 6.07) is 15.2. The minimum absolute atomic E-state index is 0.0238. The first-order chi connectivity index (χ1) is 8.77. The van der Waals surface area contributed by atoms with Crippen LogP contribution in [-0.2, 0) is 0 Å². The summed E-state index contributed by atoms with van der Waals surface area (Å²) in [6.07, 6.45) is 1.58. The minimum atomic E-state index is -0.0238. The summed E-state index contributed by atoms with van der Waals surface area (Å²) in [6.45, 7) is 1.93. The topological polar surface area (TPSA) is 34.9 Å². The molecule has 0 bridgehead atoms. The molecule has 0 aliphatic rings. The molecule has 0 spiro atoms. The molecular weight excluding hydrogens is 224 g/mol. The third kappa shape index (κ3) is 1.61. The van der Waals surface area contributed by atoms with E-state index in [4.69, 9.17) is 0 Å². The van der Waals surface area contributed by atoms with Crippen molar-refractivity contribution in [1.82, 2.24) is 9.55 Å². The van der Waals surface area contributed by atoms with E-state index in [0.29, 0.717) is 5.39 Å². The van der Waals surface area contributed by atoms with Gasteiger partial charge in [0.2, 0.25) is 0 Å². The van der Waals surface area contributed by atoms with Crippen molar-refractivity contribution in [1.29, 1.82) is 0 Å². The van der Waals surface area contributed by atoms with E-state index in [-0.39, 0.29) is 5.56 Å². The molecule has 0 aliphatic carbocycles. The highest BCUT2D eigenvalue weighted by Crippen LogP contribution is 2.12. The zero-order chi connectivity index (χ0) is 12.5. The van der Waals surface area contributed by atoms with Gasteiger partial charge in [-0.15, -0.1) is 0 Å². The molecule has 1 aromatic heterocycles. The molecule has 3 nitrogen and oxygen atoms in total. The third-order valence-electron chi connectivity index (χ3n) is 3.03. The number of hydrogen-bond acceptors (Lipinski definition) is 2. The summed E-state index contributed by atoms with van der Waals surface area (Å²) in [7, 11) is 0. The summed E-state index contributed by atoms with van der Waals surface area (Å²) in [5.41, 5.74) is 2.51. The Morgan fingerprint density at radius 3 is 2.56 bits per heavy atom. The molecule has 1 heterocycles. The number of hydrogen-bond donors (Lipinski definition) is 0. The average molecular weight is 236 g/mol. The average Bonchev–Trinajstić information content (AvgIpc) is 2.40. The summed E-state index contributed by atoms with van der Waals surface area (Å²) < 4.78 is 1.58. The van der Waals surface area contributed by atoms with E-state index in [1.165, 1.54) is 0 Å². The molecule has 18 heavy (non-hydrogen) atoms. The molecule has 3 heteroatoms. The summed E-state index contributed by atoms with van der Waals surface area (Å²) >= 11 is 0. The summed E-state index contributed by atoms with van der Waals surface area (Å²) in [5, 5.41) is 0.684. The molecule has 0 radical (unpaired) electrons. The van der Waals surface area contributed by atoms with Crippen molar-refractivity contribution in [2.24, 2.45) is 0 Å². The lowest BCUT2D eigenvalue weighted by Crippen LogP contribution is -2.19. The second-order valence-corrected chi connectivity index (χ2v) is 4.22. The van der Waals surface area contributed by atoms with Gasteiger partial charge in [-0.05, 0) is 30.7 Å². The molecule has 0 atom stereocenters. The molecule has 0 fully saturated rings. The number of nitrogens with zero attached hydrogens (tertiary/aromatic N) is 2. The molecule has 0 saturated carbocycles. The van der Waals surface area contributed by atoms with Gasteiger partial charge in [-0.1, -0.05) is 30.3 Å². The van der Waals surface area contributed by atoms with Gasteiger partial charge in [0.15, 0.2) is 0 Å². The van der Waals surface area contributed by atoms with Gasteiger partial charge in [0, 0.05) is 0 Å². The van der Waals surface area contributed by atoms with Crippen LogP contribution < -0.4 is 5.56 Å². The first-order valence-electron chi connectivity index (χ1n) is 5.80. The normalized spacial score (nSPS) is 10.7. The van der Waals surface area contributed by atoms with E-state index in [0.717, 1.165) is 16.8 Å². The van der Waals surface area contributed by atoms with Gasteiger partial charge in [-0.3, -0.25) is 9.36 Å². The number of fused-ring (bicyclic) bond motifs is 1. The Balaban J connectivity index is 2.37. The van der Waals surface area contributed by atoms with Crippen molar-refractivity contribution in [3.05, 3.63) is 70.8 Å². The Morgan fingerprint density at radius 2 is 1.78 bits per heavy atom. The highest BCUT2D eigenvalue weighted by molar-refractivity contribution is 5.81. The van der Waals surface area contributed by atoms with Gasteiger partial charge < -0.3 is 0 Å². The third-order valence-corrected chi connectivity index (χ3v) is 3.03. The van der Waals surface area contributed by atoms with Crippen molar-refractivity contribution in [2.75, 3.05) is 0 Å². The van der Waals surface area contributed by atoms with Crippen LogP contribution >= 0.6 is 0 Å². The van der Waals surface area contributed by atoms with Gasteiger partial charge in [0.25, 0.3) is 5.56 Å². The second kappa shape index (κ2) is 4.11. The molecule has 3 aromatic rings. The van der Waals surface area contributed by atoms with Crippen molar-refractivity contribution >= 4 is 10.9 Å². The van der Waals surface area contributed by atoms with Crippen LogP contribution in [0.4, 0.5) is 0 Å². The molecule has 0 amide bonds. The molecular formula is C15H12N2O. The standard InChI is InChI=1S/C15H12N2O/c1-11-6-5-9-13-14(11)15(18)17(10-16-13)12-7-3-2-4-8-12/h2-10H,1H3. The van der Waals surface area contributed by atoms with Crippen LogP contribution in [0.25, 0.3) is 16.6 Å². The minimum Gasteiger partial charge on any atom is -0.268 e. The lowest BCUT2D eigenvalue weighted by molar-refractivity contribution is 0.961. The maximum Gasteiger partial charge on any atom is 0.266 e. The Morgan fingerprint density at radius 1 is 1.00 bits per heavy atom. The van der Waals surface area contributed by atoms with Crippen LogP contribution in [0.3, 0.4) is 0 Å². The summed E-state index contributed by atoms with van der Waals surface area (Å²) in [5.74, 6) is 0. The predicted octanol–water partition coefficient (Wildman–Crippen LogP) is 2.69. The number of para-hydroxylation sites is 1. The number of aromatic nitrogens is 2. The maximum absolute atomic E-state index is 12.5. The fraction of sp³-hybridized carbons (Fsp3) is 0.0667. The van der Waals surface area contributed by atoms with Gasteiger partial charge in [0.1, 0.15) is 6.33 Å².